The molecule has 1 aromatic heterocycles. The van der Waals surface area contributed by atoms with Crippen molar-refractivity contribution in [3.8, 4) is 0 Å². The van der Waals surface area contributed by atoms with E-state index in [1.54, 1.807) is 24.3 Å². The summed E-state index contributed by atoms with van der Waals surface area (Å²) in [5.41, 5.74) is 3.19. The lowest BCUT2D eigenvalue weighted by atomic mass is 9.89. The second-order valence-corrected chi connectivity index (χ2v) is 5.64. The number of carbonyl (C=O) groups excluding carboxylic acids is 2. The molecule has 6 heteroatoms. The summed E-state index contributed by atoms with van der Waals surface area (Å²) in [6.07, 6.45) is 3.48. The Balaban J connectivity index is 1.76. The highest BCUT2D eigenvalue weighted by atomic mass is 16.2. The second-order valence-electron chi connectivity index (χ2n) is 5.64. The van der Waals surface area contributed by atoms with Crippen molar-refractivity contribution in [2.45, 2.75) is 25.8 Å². The zero-order chi connectivity index (χ0) is 16.4. The van der Waals surface area contributed by atoms with Crippen molar-refractivity contribution < 1.29 is 9.59 Å². The van der Waals surface area contributed by atoms with Gasteiger partial charge in [-0.05, 0) is 18.6 Å². The van der Waals surface area contributed by atoms with E-state index in [2.05, 4.69) is 15.3 Å². The van der Waals surface area contributed by atoms with Gasteiger partial charge in [0.2, 0.25) is 11.8 Å². The van der Waals surface area contributed by atoms with Gasteiger partial charge in [-0.1, -0.05) is 18.2 Å². The highest BCUT2D eigenvalue weighted by Crippen LogP contribution is 2.35. The van der Waals surface area contributed by atoms with E-state index in [0.29, 0.717) is 12.2 Å². The Morgan fingerprint density at radius 1 is 1.30 bits per heavy atom. The third-order valence-corrected chi connectivity index (χ3v) is 4.02. The quantitative estimate of drug-likeness (QED) is 0.933. The number of hydrogen-bond acceptors (Lipinski definition) is 4. The Bertz CT molecular complexity index is 743. The van der Waals surface area contributed by atoms with Gasteiger partial charge in [-0.25, -0.2) is 0 Å². The largest absolute Gasteiger partial charge is 0.350 e. The van der Waals surface area contributed by atoms with E-state index < -0.39 is 5.92 Å². The molecule has 0 saturated heterocycles. The summed E-state index contributed by atoms with van der Waals surface area (Å²) in [7, 11) is 1.73. The van der Waals surface area contributed by atoms with Crippen molar-refractivity contribution in [3.05, 3.63) is 53.6 Å². The fourth-order valence-electron chi connectivity index (χ4n) is 2.69. The van der Waals surface area contributed by atoms with Crippen molar-refractivity contribution in [1.29, 1.82) is 0 Å². The van der Waals surface area contributed by atoms with Crippen LogP contribution in [0.3, 0.4) is 0 Å². The number of amides is 2. The first-order valence-corrected chi connectivity index (χ1v) is 7.47. The molecule has 0 radical (unpaired) electrons. The van der Waals surface area contributed by atoms with Gasteiger partial charge in [-0.2, -0.15) is 0 Å². The Morgan fingerprint density at radius 2 is 2.09 bits per heavy atom. The first-order valence-electron chi connectivity index (χ1n) is 7.47. The highest BCUT2D eigenvalue weighted by Gasteiger charge is 2.33. The standard InChI is InChI=1S/C17H18N4O2/c1-11-8-19-12(9-18-11)10-20-17(23)14-7-16(22)21(2)15-6-4-3-5-13(14)15/h3-6,8-9,14H,7,10H2,1-2H3,(H,20,23). The number of fused-ring (bicyclic) bond motifs is 1. The summed E-state index contributed by atoms with van der Waals surface area (Å²) in [4.78, 5) is 34.6. The summed E-state index contributed by atoms with van der Waals surface area (Å²) in [5, 5.41) is 2.85. The van der Waals surface area contributed by atoms with Crippen LogP contribution in [0, 0.1) is 6.92 Å². The Morgan fingerprint density at radius 3 is 2.83 bits per heavy atom. The summed E-state index contributed by atoms with van der Waals surface area (Å²) < 4.78 is 0. The topological polar surface area (TPSA) is 75.2 Å². The molecule has 3 rings (SSSR count). The highest BCUT2D eigenvalue weighted by molar-refractivity contribution is 6.02. The summed E-state index contributed by atoms with van der Waals surface area (Å²) in [6.45, 7) is 2.16. The molecule has 0 aliphatic carbocycles. The molecule has 2 heterocycles. The van der Waals surface area contributed by atoms with E-state index in [1.807, 2.05) is 31.2 Å². The van der Waals surface area contributed by atoms with Gasteiger partial charge >= 0.3 is 0 Å². The van der Waals surface area contributed by atoms with E-state index in [4.69, 9.17) is 0 Å². The molecular weight excluding hydrogens is 292 g/mol. The number of carbonyl (C=O) groups is 2. The maximum atomic E-state index is 12.5. The summed E-state index contributed by atoms with van der Waals surface area (Å²) >= 11 is 0. The average Bonchev–Trinajstić information content (AvgIpc) is 2.57. The van der Waals surface area contributed by atoms with Crippen LogP contribution >= 0.6 is 0 Å². The fourth-order valence-corrected chi connectivity index (χ4v) is 2.69. The molecule has 1 aliphatic heterocycles. The van der Waals surface area contributed by atoms with E-state index in [0.717, 1.165) is 16.9 Å². The van der Waals surface area contributed by atoms with E-state index in [-0.39, 0.29) is 18.2 Å². The molecule has 0 fully saturated rings. The van der Waals surface area contributed by atoms with Crippen LogP contribution in [0.4, 0.5) is 5.69 Å². The second kappa shape index (κ2) is 6.16. The number of para-hydroxylation sites is 1. The van der Waals surface area contributed by atoms with E-state index in [1.165, 1.54) is 0 Å². The zero-order valence-corrected chi connectivity index (χ0v) is 13.1. The van der Waals surface area contributed by atoms with Gasteiger partial charge in [-0.3, -0.25) is 19.6 Å². The van der Waals surface area contributed by atoms with Gasteiger partial charge < -0.3 is 10.2 Å². The Labute approximate surface area is 134 Å². The molecule has 1 aliphatic rings. The number of aryl methyl sites for hydroxylation is 1. The molecule has 2 amide bonds. The van der Waals surface area contributed by atoms with E-state index in [9.17, 15) is 9.59 Å². The number of hydrogen-bond donors (Lipinski definition) is 1. The van der Waals surface area contributed by atoms with Gasteiger partial charge in [0.25, 0.3) is 0 Å². The molecule has 0 spiro atoms. The molecule has 118 valence electrons. The van der Waals surface area contributed by atoms with Crippen molar-refractivity contribution in [2.75, 3.05) is 11.9 Å². The van der Waals surface area contributed by atoms with Gasteiger partial charge in [-0.15, -0.1) is 0 Å². The van der Waals surface area contributed by atoms with Crippen LogP contribution in [0.1, 0.15) is 29.3 Å². The lowest BCUT2D eigenvalue weighted by molar-refractivity contribution is -0.127. The molecule has 1 N–H and O–H groups in total. The summed E-state index contributed by atoms with van der Waals surface area (Å²) in [6, 6.07) is 7.51. The first kappa shape index (κ1) is 15.1. The van der Waals surface area contributed by atoms with Crippen LogP contribution in [-0.4, -0.2) is 28.8 Å². The van der Waals surface area contributed by atoms with Gasteiger partial charge in [0, 0.05) is 25.4 Å². The Hall–Kier alpha value is -2.76. The maximum Gasteiger partial charge on any atom is 0.228 e. The minimum atomic E-state index is -0.465. The first-order chi connectivity index (χ1) is 11.1. The predicted octanol–water partition coefficient (Wildman–Crippen LogP) is 1.55. The van der Waals surface area contributed by atoms with Gasteiger partial charge in [0.1, 0.15) is 0 Å². The molecule has 2 aromatic rings. The van der Waals surface area contributed by atoms with Crippen LogP contribution in [-0.2, 0) is 16.1 Å². The lowest BCUT2D eigenvalue weighted by Gasteiger charge is -2.30. The van der Waals surface area contributed by atoms with E-state index >= 15 is 0 Å². The normalized spacial score (nSPS) is 16.9. The molecule has 0 bridgehead atoms. The van der Waals surface area contributed by atoms with Gasteiger partial charge in [0.15, 0.2) is 0 Å². The molecular formula is C17H18N4O2. The minimum absolute atomic E-state index is 0.0565. The molecule has 1 aromatic carbocycles. The number of aromatic nitrogens is 2. The zero-order valence-electron chi connectivity index (χ0n) is 13.1. The SMILES string of the molecule is Cc1cnc(CNC(=O)C2CC(=O)N(C)c3ccccc32)cn1. The molecule has 23 heavy (non-hydrogen) atoms. The van der Waals surface area contributed by atoms with Crippen LogP contribution in [0.2, 0.25) is 0 Å². The molecule has 1 atom stereocenters. The number of anilines is 1. The fraction of sp³-hybridized carbons (Fsp3) is 0.294. The molecule has 1 unspecified atom stereocenters. The molecule has 6 nitrogen and oxygen atoms in total. The van der Waals surface area contributed by atoms with Crippen LogP contribution < -0.4 is 10.2 Å². The third kappa shape index (κ3) is 3.06. The van der Waals surface area contributed by atoms with Crippen molar-refractivity contribution >= 4 is 17.5 Å². The monoisotopic (exact) mass is 310 g/mol. The van der Waals surface area contributed by atoms with Crippen molar-refractivity contribution in [2.24, 2.45) is 0 Å². The van der Waals surface area contributed by atoms with Crippen molar-refractivity contribution in [1.82, 2.24) is 15.3 Å². The number of nitrogens with one attached hydrogen (secondary N) is 1. The van der Waals surface area contributed by atoms with Crippen LogP contribution in [0.5, 0.6) is 0 Å². The molecule has 0 saturated carbocycles. The summed E-state index contributed by atoms with van der Waals surface area (Å²) in [5.74, 6) is -0.687. The maximum absolute atomic E-state index is 12.5. The predicted molar refractivity (Wildman–Crippen MR) is 85.8 cm³/mol. The Kier molecular flexibility index (Phi) is 4.06. The van der Waals surface area contributed by atoms with Crippen molar-refractivity contribution in [3.63, 3.8) is 0 Å². The van der Waals surface area contributed by atoms with Crippen LogP contribution in [0.15, 0.2) is 36.7 Å². The van der Waals surface area contributed by atoms with Gasteiger partial charge in [0.05, 0.1) is 30.0 Å². The average molecular weight is 310 g/mol. The number of benzene rings is 1. The smallest absolute Gasteiger partial charge is 0.228 e. The number of rotatable bonds is 3. The van der Waals surface area contributed by atoms with Crippen LogP contribution in [0.25, 0.3) is 0 Å². The number of nitrogens with zero attached hydrogens (tertiary/aromatic N) is 3. The minimum Gasteiger partial charge on any atom is -0.350 e. The third-order valence-electron chi connectivity index (χ3n) is 4.02. The lowest BCUT2D eigenvalue weighted by Crippen LogP contribution is -2.39.